The summed E-state index contributed by atoms with van der Waals surface area (Å²) in [6.45, 7) is 1.94. The average Bonchev–Trinajstić information content (AvgIpc) is 3.49. The number of nitrogens with zero attached hydrogens (tertiary/aromatic N) is 5. The predicted octanol–water partition coefficient (Wildman–Crippen LogP) is 3.29. The Morgan fingerprint density at radius 2 is 2.17 bits per heavy atom. The molecule has 5 rings (SSSR count). The normalized spacial score (nSPS) is 25.2. The zero-order valence-electron chi connectivity index (χ0n) is 15.6. The maximum Gasteiger partial charge on any atom is 0.218 e. The minimum Gasteiger partial charge on any atom is -0.379 e. The van der Waals surface area contributed by atoms with Crippen LogP contribution in [0.4, 0.5) is 4.39 Å². The van der Waals surface area contributed by atoms with Crippen LogP contribution < -0.4 is 5.73 Å². The zero-order chi connectivity index (χ0) is 20.2. The molecule has 0 unspecified atom stereocenters. The molecular weight excluding hydrogens is 387 g/mol. The fourth-order valence-corrected chi connectivity index (χ4v) is 5.38. The molecule has 144 valence electrons. The highest BCUT2D eigenvalue weighted by molar-refractivity contribution is 8.14. The SMILES string of the molecule is C[C@]1(c2cc(Cc3nccc4cc(C#N)cnc34)cnc2F)N=C(N)S[C@H]2C[C@H]21. The Morgan fingerprint density at radius 3 is 3.00 bits per heavy atom. The number of nitrogens with two attached hydrogens (primary N) is 1. The third-order valence-electron chi connectivity index (χ3n) is 5.69. The summed E-state index contributed by atoms with van der Waals surface area (Å²) in [7, 11) is 0. The number of hydrogen-bond acceptors (Lipinski definition) is 7. The van der Waals surface area contributed by atoms with Gasteiger partial charge in [-0.05, 0) is 37.1 Å². The van der Waals surface area contributed by atoms with Crippen LogP contribution in [0.5, 0.6) is 0 Å². The highest BCUT2D eigenvalue weighted by atomic mass is 32.2. The van der Waals surface area contributed by atoms with Gasteiger partial charge in [0.1, 0.15) is 6.07 Å². The lowest BCUT2D eigenvalue weighted by Gasteiger charge is -2.30. The Hall–Kier alpha value is -3.05. The average molecular weight is 404 g/mol. The minimum absolute atomic E-state index is 0.271. The number of pyridine rings is 3. The Morgan fingerprint density at radius 1 is 1.31 bits per heavy atom. The first-order chi connectivity index (χ1) is 14.0. The van der Waals surface area contributed by atoms with Crippen molar-refractivity contribution in [3.05, 3.63) is 65.1 Å². The second-order valence-corrected chi connectivity index (χ2v) is 8.88. The van der Waals surface area contributed by atoms with Crippen LogP contribution >= 0.6 is 11.8 Å². The van der Waals surface area contributed by atoms with Crippen molar-refractivity contribution in [1.82, 2.24) is 15.0 Å². The van der Waals surface area contributed by atoms with Gasteiger partial charge >= 0.3 is 0 Å². The molecule has 0 aromatic carbocycles. The van der Waals surface area contributed by atoms with E-state index in [2.05, 4.69) is 26.0 Å². The Balaban J connectivity index is 1.54. The van der Waals surface area contributed by atoms with E-state index in [-0.39, 0.29) is 5.92 Å². The molecule has 3 atom stereocenters. The van der Waals surface area contributed by atoms with E-state index in [9.17, 15) is 4.39 Å². The van der Waals surface area contributed by atoms with E-state index in [0.29, 0.717) is 28.0 Å². The molecule has 1 saturated carbocycles. The highest BCUT2D eigenvalue weighted by Gasteiger charge is 2.55. The summed E-state index contributed by atoms with van der Waals surface area (Å²) in [5, 5.41) is 10.8. The standard InChI is InChI=1S/C21H17FN6S/c1-21(14-7-17(14)29-20(24)28-21)15-5-11(9-27-19(15)22)6-16-18-13(2-3-25-16)4-12(8-23)10-26-18/h2-5,9-10,14,17H,6-7H2,1H3,(H2,24,28)/t14-,17+,21+/m1/s1. The second-order valence-electron chi connectivity index (χ2n) is 7.62. The summed E-state index contributed by atoms with van der Waals surface area (Å²) in [6, 6.07) is 7.53. The summed E-state index contributed by atoms with van der Waals surface area (Å²) in [5.74, 6) is -0.235. The smallest absolute Gasteiger partial charge is 0.218 e. The lowest BCUT2D eigenvalue weighted by atomic mass is 9.87. The summed E-state index contributed by atoms with van der Waals surface area (Å²) in [6.07, 6.45) is 6.19. The molecule has 6 nitrogen and oxygen atoms in total. The summed E-state index contributed by atoms with van der Waals surface area (Å²) in [4.78, 5) is 17.5. The van der Waals surface area contributed by atoms with Gasteiger partial charge in [-0.2, -0.15) is 9.65 Å². The number of halogens is 1. The van der Waals surface area contributed by atoms with Gasteiger partial charge in [0.2, 0.25) is 5.95 Å². The Labute approximate surface area is 171 Å². The fraction of sp³-hybridized carbons (Fsp3) is 0.286. The third kappa shape index (κ3) is 3.02. The van der Waals surface area contributed by atoms with E-state index in [1.807, 2.05) is 19.1 Å². The summed E-state index contributed by atoms with van der Waals surface area (Å²) in [5.41, 5.74) is 8.58. The highest BCUT2D eigenvalue weighted by Crippen LogP contribution is 2.57. The third-order valence-corrected chi connectivity index (χ3v) is 6.84. The van der Waals surface area contributed by atoms with Gasteiger partial charge in [-0.3, -0.25) is 15.0 Å². The molecule has 0 radical (unpaired) electrons. The predicted molar refractivity (Wildman–Crippen MR) is 110 cm³/mol. The summed E-state index contributed by atoms with van der Waals surface area (Å²) < 4.78 is 14.7. The number of aromatic nitrogens is 3. The topological polar surface area (TPSA) is 101 Å². The van der Waals surface area contributed by atoms with E-state index in [4.69, 9.17) is 11.0 Å². The van der Waals surface area contributed by atoms with Gasteiger partial charge in [0.05, 0.1) is 22.3 Å². The van der Waals surface area contributed by atoms with Crippen molar-refractivity contribution in [3.63, 3.8) is 0 Å². The molecule has 1 aliphatic carbocycles. The van der Waals surface area contributed by atoms with Crippen LogP contribution in [0.1, 0.15) is 35.7 Å². The van der Waals surface area contributed by atoms with Gasteiger partial charge in [0.25, 0.3) is 0 Å². The van der Waals surface area contributed by atoms with Crippen LogP contribution in [0.3, 0.4) is 0 Å². The van der Waals surface area contributed by atoms with E-state index < -0.39 is 11.5 Å². The molecule has 0 spiro atoms. The molecule has 4 heterocycles. The number of fused-ring (bicyclic) bond motifs is 2. The van der Waals surface area contributed by atoms with Gasteiger partial charge in [0, 0.05) is 47.1 Å². The number of amidine groups is 1. The second kappa shape index (κ2) is 6.49. The zero-order valence-corrected chi connectivity index (χ0v) is 16.4. The molecular formula is C21H17FN6S. The fourth-order valence-electron chi connectivity index (χ4n) is 4.09. The number of rotatable bonds is 3. The molecule has 0 saturated heterocycles. The van der Waals surface area contributed by atoms with Crippen molar-refractivity contribution in [2.45, 2.75) is 30.6 Å². The van der Waals surface area contributed by atoms with Crippen molar-refractivity contribution in [2.24, 2.45) is 16.6 Å². The monoisotopic (exact) mass is 404 g/mol. The Bertz CT molecular complexity index is 1220. The van der Waals surface area contributed by atoms with E-state index in [1.165, 1.54) is 12.4 Å². The van der Waals surface area contributed by atoms with Crippen LogP contribution in [0, 0.1) is 23.2 Å². The van der Waals surface area contributed by atoms with Gasteiger partial charge in [-0.1, -0.05) is 11.8 Å². The maximum absolute atomic E-state index is 14.7. The molecule has 8 heteroatoms. The van der Waals surface area contributed by atoms with E-state index in [0.717, 1.165) is 28.6 Å². The minimum atomic E-state index is -0.695. The quantitative estimate of drug-likeness (QED) is 0.672. The van der Waals surface area contributed by atoms with Gasteiger partial charge in [-0.25, -0.2) is 4.98 Å². The molecule has 29 heavy (non-hydrogen) atoms. The van der Waals surface area contributed by atoms with Crippen molar-refractivity contribution >= 4 is 27.8 Å². The largest absolute Gasteiger partial charge is 0.379 e. The first-order valence-corrected chi connectivity index (χ1v) is 10.2. The van der Waals surface area contributed by atoms with Crippen LogP contribution in [0.2, 0.25) is 0 Å². The van der Waals surface area contributed by atoms with Gasteiger partial charge in [-0.15, -0.1) is 0 Å². The van der Waals surface area contributed by atoms with Gasteiger partial charge in [0.15, 0.2) is 5.17 Å². The van der Waals surface area contributed by atoms with E-state index in [1.54, 1.807) is 24.0 Å². The molecule has 2 aliphatic rings. The van der Waals surface area contributed by atoms with Crippen molar-refractivity contribution in [3.8, 4) is 6.07 Å². The number of aliphatic imine (C=N–C) groups is 1. The summed E-state index contributed by atoms with van der Waals surface area (Å²) >= 11 is 1.57. The lowest BCUT2D eigenvalue weighted by Crippen LogP contribution is -2.32. The maximum atomic E-state index is 14.7. The van der Waals surface area contributed by atoms with Gasteiger partial charge < -0.3 is 5.73 Å². The number of hydrogen-bond donors (Lipinski definition) is 1. The first-order valence-electron chi connectivity index (χ1n) is 9.28. The molecule has 1 aliphatic heterocycles. The van der Waals surface area contributed by atoms with Crippen molar-refractivity contribution in [2.75, 3.05) is 0 Å². The first kappa shape index (κ1) is 18.0. The number of nitriles is 1. The Kier molecular flexibility index (Phi) is 4.03. The molecule has 3 aromatic heterocycles. The van der Waals surface area contributed by atoms with Crippen molar-refractivity contribution in [1.29, 1.82) is 5.26 Å². The molecule has 3 aromatic rings. The molecule has 0 amide bonds. The van der Waals surface area contributed by atoms with Crippen LogP contribution in [0.15, 0.2) is 41.8 Å². The lowest BCUT2D eigenvalue weighted by molar-refractivity contribution is 0.399. The van der Waals surface area contributed by atoms with Crippen LogP contribution in [-0.4, -0.2) is 25.4 Å². The van der Waals surface area contributed by atoms with Crippen LogP contribution in [0.25, 0.3) is 10.9 Å². The van der Waals surface area contributed by atoms with E-state index >= 15 is 0 Å². The van der Waals surface area contributed by atoms with Crippen molar-refractivity contribution < 1.29 is 4.39 Å². The molecule has 0 bridgehead atoms. The molecule has 1 fully saturated rings. The number of thioether (sulfide) groups is 1. The molecule has 2 N–H and O–H groups in total. The van der Waals surface area contributed by atoms with Crippen LogP contribution in [-0.2, 0) is 12.0 Å².